The summed E-state index contributed by atoms with van der Waals surface area (Å²) < 4.78 is 42.9. The maximum absolute atomic E-state index is 12.7. The molecule has 0 aliphatic rings. The molecule has 1 aromatic rings. The van der Waals surface area contributed by atoms with E-state index in [2.05, 4.69) is 0 Å². The molecule has 0 aliphatic heterocycles. The van der Waals surface area contributed by atoms with Gasteiger partial charge < -0.3 is 10.5 Å². The SMILES string of the molecule is COc1ccc(C[C@H](C)N)c(C(F)(F)F)c1. The number of alkyl halides is 3. The van der Waals surface area contributed by atoms with E-state index in [1.165, 1.54) is 19.2 Å². The molecule has 5 heteroatoms. The summed E-state index contributed by atoms with van der Waals surface area (Å²) in [5.41, 5.74) is 5.03. The fourth-order valence-corrected chi connectivity index (χ4v) is 1.47. The lowest BCUT2D eigenvalue weighted by Crippen LogP contribution is -2.20. The third-order valence-electron chi connectivity index (χ3n) is 2.16. The predicted octanol–water partition coefficient (Wildman–Crippen LogP) is 2.60. The monoisotopic (exact) mass is 233 g/mol. The molecule has 1 aromatic carbocycles. The molecule has 2 N–H and O–H groups in total. The first kappa shape index (κ1) is 12.8. The molecule has 0 aliphatic carbocycles. The summed E-state index contributed by atoms with van der Waals surface area (Å²) >= 11 is 0. The summed E-state index contributed by atoms with van der Waals surface area (Å²) in [6, 6.07) is 3.60. The van der Waals surface area contributed by atoms with Crippen molar-refractivity contribution in [2.45, 2.75) is 25.6 Å². The van der Waals surface area contributed by atoms with E-state index in [0.29, 0.717) is 0 Å². The fraction of sp³-hybridized carbons (Fsp3) is 0.455. The van der Waals surface area contributed by atoms with Gasteiger partial charge in [0, 0.05) is 6.04 Å². The van der Waals surface area contributed by atoms with E-state index in [4.69, 9.17) is 10.5 Å². The molecule has 0 bridgehead atoms. The van der Waals surface area contributed by atoms with Gasteiger partial charge in [0.2, 0.25) is 0 Å². The molecule has 0 amide bonds. The van der Waals surface area contributed by atoms with Gasteiger partial charge in [0.15, 0.2) is 0 Å². The van der Waals surface area contributed by atoms with Crippen LogP contribution in [0.5, 0.6) is 5.75 Å². The van der Waals surface area contributed by atoms with Gasteiger partial charge in [0.1, 0.15) is 5.75 Å². The van der Waals surface area contributed by atoms with Gasteiger partial charge >= 0.3 is 6.18 Å². The standard InChI is InChI=1S/C11H14F3NO/c1-7(15)5-8-3-4-9(16-2)6-10(8)11(12,13)14/h3-4,6-7H,5,15H2,1-2H3/t7-/m0/s1. The van der Waals surface area contributed by atoms with E-state index >= 15 is 0 Å². The molecular formula is C11H14F3NO. The van der Waals surface area contributed by atoms with Gasteiger partial charge in [-0.25, -0.2) is 0 Å². The zero-order valence-corrected chi connectivity index (χ0v) is 9.14. The summed E-state index contributed by atoms with van der Waals surface area (Å²) in [5.74, 6) is 0.195. The first-order valence-electron chi connectivity index (χ1n) is 4.84. The quantitative estimate of drug-likeness (QED) is 0.870. The van der Waals surface area contributed by atoms with Crippen LogP contribution in [0.3, 0.4) is 0 Å². The second-order valence-corrected chi connectivity index (χ2v) is 3.70. The maximum atomic E-state index is 12.7. The highest BCUT2D eigenvalue weighted by atomic mass is 19.4. The lowest BCUT2D eigenvalue weighted by Gasteiger charge is -2.15. The van der Waals surface area contributed by atoms with Crippen molar-refractivity contribution in [1.29, 1.82) is 0 Å². The molecule has 2 nitrogen and oxygen atoms in total. The lowest BCUT2D eigenvalue weighted by atomic mass is 10.0. The number of hydrogen-bond donors (Lipinski definition) is 1. The van der Waals surface area contributed by atoms with Gasteiger partial charge in [-0.1, -0.05) is 6.07 Å². The predicted molar refractivity (Wildman–Crippen MR) is 55.3 cm³/mol. The zero-order valence-electron chi connectivity index (χ0n) is 9.14. The summed E-state index contributed by atoms with van der Waals surface area (Å²) in [5, 5.41) is 0. The minimum absolute atomic E-state index is 0.193. The van der Waals surface area contributed by atoms with Crippen LogP contribution in [0, 0.1) is 0 Å². The number of benzene rings is 1. The molecule has 0 unspecified atom stereocenters. The normalized spacial score (nSPS) is 13.6. The number of rotatable bonds is 3. The summed E-state index contributed by atoms with van der Waals surface area (Å²) in [7, 11) is 1.33. The van der Waals surface area contributed by atoms with Crippen LogP contribution in [0.15, 0.2) is 18.2 Å². The van der Waals surface area contributed by atoms with E-state index in [9.17, 15) is 13.2 Å². The Morgan fingerprint density at radius 2 is 2.00 bits per heavy atom. The number of nitrogens with two attached hydrogens (primary N) is 1. The molecule has 1 atom stereocenters. The minimum atomic E-state index is -4.38. The highest BCUT2D eigenvalue weighted by molar-refractivity contribution is 5.38. The van der Waals surface area contributed by atoms with Gasteiger partial charge in [-0.3, -0.25) is 0 Å². The first-order chi connectivity index (χ1) is 7.34. The molecule has 0 saturated heterocycles. The molecule has 0 spiro atoms. The van der Waals surface area contributed by atoms with Crippen molar-refractivity contribution in [3.05, 3.63) is 29.3 Å². The Hall–Kier alpha value is -1.23. The fourth-order valence-electron chi connectivity index (χ4n) is 1.47. The molecule has 90 valence electrons. The van der Waals surface area contributed by atoms with Crippen LogP contribution in [0.4, 0.5) is 13.2 Å². The van der Waals surface area contributed by atoms with Crippen LogP contribution in [-0.2, 0) is 12.6 Å². The van der Waals surface area contributed by atoms with Gasteiger partial charge in [-0.2, -0.15) is 13.2 Å². The van der Waals surface area contributed by atoms with Crippen LogP contribution >= 0.6 is 0 Å². The Bertz CT molecular complexity index is 361. The Morgan fingerprint density at radius 3 is 2.44 bits per heavy atom. The van der Waals surface area contributed by atoms with E-state index in [-0.39, 0.29) is 23.8 Å². The average molecular weight is 233 g/mol. The Labute approximate surface area is 92.2 Å². The van der Waals surface area contributed by atoms with E-state index in [1.807, 2.05) is 0 Å². The van der Waals surface area contributed by atoms with Crippen molar-refractivity contribution in [1.82, 2.24) is 0 Å². The van der Waals surface area contributed by atoms with Crippen LogP contribution in [0.1, 0.15) is 18.1 Å². The van der Waals surface area contributed by atoms with Crippen molar-refractivity contribution in [3.63, 3.8) is 0 Å². The van der Waals surface area contributed by atoms with Crippen molar-refractivity contribution >= 4 is 0 Å². The summed E-state index contributed by atoms with van der Waals surface area (Å²) in [6.45, 7) is 1.67. The van der Waals surface area contributed by atoms with Gasteiger partial charge in [0.25, 0.3) is 0 Å². The smallest absolute Gasteiger partial charge is 0.416 e. The number of ether oxygens (including phenoxy) is 1. The van der Waals surface area contributed by atoms with Crippen molar-refractivity contribution < 1.29 is 17.9 Å². The molecule has 0 fully saturated rings. The summed E-state index contributed by atoms with van der Waals surface area (Å²) in [6.07, 6.45) is -4.18. The maximum Gasteiger partial charge on any atom is 0.416 e. The van der Waals surface area contributed by atoms with Crippen molar-refractivity contribution in [2.75, 3.05) is 7.11 Å². The number of halogens is 3. The summed E-state index contributed by atoms with van der Waals surface area (Å²) in [4.78, 5) is 0. The molecule has 0 heterocycles. The topological polar surface area (TPSA) is 35.2 Å². The average Bonchev–Trinajstić information content (AvgIpc) is 2.15. The Kier molecular flexibility index (Phi) is 3.80. The highest BCUT2D eigenvalue weighted by Gasteiger charge is 2.33. The van der Waals surface area contributed by atoms with Crippen LogP contribution in [-0.4, -0.2) is 13.2 Å². The molecular weight excluding hydrogens is 219 g/mol. The minimum Gasteiger partial charge on any atom is -0.497 e. The zero-order chi connectivity index (χ0) is 12.3. The molecule has 0 saturated carbocycles. The number of methoxy groups -OCH3 is 1. The second-order valence-electron chi connectivity index (χ2n) is 3.70. The van der Waals surface area contributed by atoms with Crippen molar-refractivity contribution in [3.8, 4) is 5.75 Å². The highest BCUT2D eigenvalue weighted by Crippen LogP contribution is 2.34. The third-order valence-corrected chi connectivity index (χ3v) is 2.16. The molecule has 0 radical (unpaired) electrons. The Balaban J connectivity index is 3.17. The second kappa shape index (κ2) is 4.74. The van der Waals surface area contributed by atoms with E-state index < -0.39 is 11.7 Å². The molecule has 1 rings (SSSR count). The van der Waals surface area contributed by atoms with Crippen LogP contribution < -0.4 is 10.5 Å². The first-order valence-corrected chi connectivity index (χ1v) is 4.84. The number of hydrogen-bond acceptors (Lipinski definition) is 2. The van der Waals surface area contributed by atoms with Gasteiger partial charge in [-0.15, -0.1) is 0 Å². The van der Waals surface area contributed by atoms with E-state index in [0.717, 1.165) is 6.07 Å². The largest absolute Gasteiger partial charge is 0.497 e. The molecule has 16 heavy (non-hydrogen) atoms. The molecule has 0 aromatic heterocycles. The Morgan fingerprint density at radius 1 is 1.38 bits per heavy atom. The van der Waals surface area contributed by atoms with Gasteiger partial charge in [0.05, 0.1) is 12.7 Å². The van der Waals surface area contributed by atoms with Crippen LogP contribution in [0.25, 0.3) is 0 Å². The van der Waals surface area contributed by atoms with Gasteiger partial charge in [-0.05, 0) is 31.0 Å². The van der Waals surface area contributed by atoms with Crippen LogP contribution in [0.2, 0.25) is 0 Å². The third kappa shape index (κ3) is 3.13. The lowest BCUT2D eigenvalue weighted by molar-refractivity contribution is -0.138. The van der Waals surface area contributed by atoms with Crippen molar-refractivity contribution in [2.24, 2.45) is 5.73 Å². The van der Waals surface area contributed by atoms with E-state index in [1.54, 1.807) is 6.92 Å².